The van der Waals surface area contributed by atoms with E-state index in [2.05, 4.69) is 4.98 Å². The third-order valence-corrected chi connectivity index (χ3v) is 4.83. The predicted molar refractivity (Wildman–Crippen MR) is 97.3 cm³/mol. The molecule has 1 aliphatic heterocycles. The number of nitrogens with two attached hydrogens (primary N) is 1. The van der Waals surface area contributed by atoms with Gasteiger partial charge in [0.1, 0.15) is 5.69 Å². The first kappa shape index (κ1) is 16.3. The summed E-state index contributed by atoms with van der Waals surface area (Å²) in [7, 11) is 0. The largest absolute Gasteiger partial charge is 0.463 e. The molecule has 3 heterocycles. The van der Waals surface area contributed by atoms with E-state index < -0.39 is 0 Å². The number of likely N-dealkylation sites (tertiary alicyclic amines) is 1. The maximum absolute atomic E-state index is 13.2. The topological polar surface area (TPSA) is 89.4 Å². The molecule has 0 saturated carbocycles. The number of para-hydroxylation sites is 1. The second kappa shape index (κ2) is 6.63. The number of amides is 2. The molecule has 2 amide bonds. The number of primary amides is 1. The van der Waals surface area contributed by atoms with Crippen LogP contribution in [0.3, 0.4) is 0 Å². The van der Waals surface area contributed by atoms with Crippen LogP contribution in [0.15, 0.2) is 53.1 Å². The van der Waals surface area contributed by atoms with E-state index in [0.29, 0.717) is 30.1 Å². The quantitative estimate of drug-likeness (QED) is 0.787. The zero-order chi connectivity index (χ0) is 18.1. The van der Waals surface area contributed by atoms with Crippen LogP contribution in [0.2, 0.25) is 0 Å². The molecule has 3 aromatic rings. The van der Waals surface area contributed by atoms with E-state index in [9.17, 15) is 9.59 Å². The van der Waals surface area contributed by atoms with Crippen molar-refractivity contribution in [3.8, 4) is 11.5 Å². The minimum Gasteiger partial charge on any atom is -0.463 e. The highest BCUT2D eigenvalue weighted by Crippen LogP contribution is 2.27. The summed E-state index contributed by atoms with van der Waals surface area (Å²) in [6, 6.07) is 12.9. The molecule has 1 aromatic carbocycles. The van der Waals surface area contributed by atoms with Crippen LogP contribution in [0.1, 0.15) is 23.2 Å². The van der Waals surface area contributed by atoms with Crippen molar-refractivity contribution in [2.45, 2.75) is 12.8 Å². The Hall–Kier alpha value is -3.15. The van der Waals surface area contributed by atoms with Crippen LogP contribution in [0.4, 0.5) is 0 Å². The van der Waals surface area contributed by atoms with Crippen LogP contribution in [-0.2, 0) is 4.79 Å². The lowest BCUT2D eigenvalue weighted by atomic mass is 9.96. The van der Waals surface area contributed by atoms with E-state index in [4.69, 9.17) is 10.2 Å². The number of fused-ring (bicyclic) bond motifs is 1. The molecule has 26 heavy (non-hydrogen) atoms. The summed E-state index contributed by atoms with van der Waals surface area (Å²) in [6.07, 6.45) is 3.08. The number of carbonyl (C=O) groups is 2. The van der Waals surface area contributed by atoms with Gasteiger partial charge in [0.2, 0.25) is 5.91 Å². The number of piperidine rings is 1. The zero-order valence-electron chi connectivity index (χ0n) is 14.2. The van der Waals surface area contributed by atoms with Crippen molar-refractivity contribution in [2.24, 2.45) is 11.7 Å². The fraction of sp³-hybridized carbons (Fsp3) is 0.250. The number of nitrogens with zero attached hydrogens (tertiary/aromatic N) is 2. The molecule has 132 valence electrons. The van der Waals surface area contributed by atoms with Gasteiger partial charge in [-0.3, -0.25) is 9.59 Å². The third kappa shape index (κ3) is 2.94. The molecule has 1 fully saturated rings. The highest BCUT2D eigenvalue weighted by Gasteiger charge is 2.28. The zero-order valence-corrected chi connectivity index (χ0v) is 14.2. The summed E-state index contributed by atoms with van der Waals surface area (Å²) in [5.74, 6) is -0.135. The number of furan rings is 1. The van der Waals surface area contributed by atoms with Crippen LogP contribution in [0, 0.1) is 5.92 Å². The van der Waals surface area contributed by atoms with Gasteiger partial charge in [-0.25, -0.2) is 4.98 Å². The van der Waals surface area contributed by atoms with Crippen molar-refractivity contribution in [3.63, 3.8) is 0 Å². The Labute approximate surface area is 150 Å². The SMILES string of the molecule is NC(=O)C1CCCN(C(=O)c2cc(-c3ccco3)nc3ccccc23)C1. The molecule has 0 aliphatic carbocycles. The molecule has 1 saturated heterocycles. The molecule has 0 spiro atoms. The number of carbonyl (C=O) groups excluding carboxylic acids is 2. The second-order valence-electron chi connectivity index (χ2n) is 6.54. The van der Waals surface area contributed by atoms with Gasteiger partial charge in [0.15, 0.2) is 5.76 Å². The number of rotatable bonds is 3. The lowest BCUT2D eigenvalue weighted by Crippen LogP contribution is -2.44. The fourth-order valence-electron chi connectivity index (χ4n) is 3.47. The number of hydrogen-bond donors (Lipinski definition) is 1. The van der Waals surface area contributed by atoms with Gasteiger partial charge in [-0.1, -0.05) is 18.2 Å². The minimum atomic E-state index is -0.349. The van der Waals surface area contributed by atoms with Crippen molar-refractivity contribution >= 4 is 22.7 Å². The van der Waals surface area contributed by atoms with E-state index in [1.54, 1.807) is 23.3 Å². The Morgan fingerprint density at radius 1 is 1.19 bits per heavy atom. The Bertz CT molecular complexity index is 966. The van der Waals surface area contributed by atoms with Crippen LogP contribution < -0.4 is 5.73 Å². The van der Waals surface area contributed by atoms with Gasteiger partial charge in [-0.15, -0.1) is 0 Å². The average molecular weight is 349 g/mol. The molecule has 0 bridgehead atoms. The maximum atomic E-state index is 13.2. The molecule has 2 N–H and O–H groups in total. The van der Waals surface area contributed by atoms with Crippen molar-refractivity contribution in [1.29, 1.82) is 0 Å². The Morgan fingerprint density at radius 2 is 2.04 bits per heavy atom. The second-order valence-corrected chi connectivity index (χ2v) is 6.54. The molecule has 6 heteroatoms. The molecule has 1 atom stereocenters. The lowest BCUT2D eigenvalue weighted by molar-refractivity contribution is -0.123. The molecule has 1 unspecified atom stereocenters. The number of aromatic nitrogens is 1. The molecule has 2 aromatic heterocycles. The molecular formula is C20H19N3O3. The van der Waals surface area contributed by atoms with Gasteiger partial charge in [0, 0.05) is 18.5 Å². The summed E-state index contributed by atoms with van der Waals surface area (Å²) in [5, 5.41) is 0.786. The summed E-state index contributed by atoms with van der Waals surface area (Å²) < 4.78 is 5.45. The summed E-state index contributed by atoms with van der Waals surface area (Å²) in [5.41, 5.74) is 7.35. The van der Waals surface area contributed by atoms with E-state index in [1.807, 2.05) is 30.3 Å². The molecule has 4 rings (SSSR count). The Morgan fingerprint density at radius 3 is 2.81 bits per heavy atom. The summed E-state index contributed by atoms with van der Waals surface area (Å²) in [4.78, 5) is 31.1. The van der Waals surface area contributed by atoms with Crippen LogP contribution in [-0.4, -0.2) is 34.8 Å². The van der Waals surface area contributed by atoms with Gasteiger partial charge >= 0.3 is 0 Å². The monoisotopic (exact) mass is 349 g/mol. The van der Waals surface area contributed by atoms with Crippen molar-refractivity contribution in [1.82, 2.24) is 9.88 Å². The van der Waals surface area contributed by atoms with Gasteiger partial charge in [0.05, 0.1) is 23.3 Å². The number of benzene rings is 1. The van der Waals surface area contributed by atoms with Crippen LogP contribution in [0.25, 0.3) is 22.4 Å². The molecule has 1 aliphatic rings. The summed E-state index contributed by atoms with van der Waals surface area (Å²) in [6.45, 7) is 0.982. The maximum Gasteiger partial charge on any atom is 0.254 e. The predicted octanol–water partition coefficient (Wildman–Crippen LogP) is 2.83. The highest BCUT2D eigenvalue weighted by atomic mass is 16.3. The van der Waals surface area contributed by atoms with Crippen molar-refractivity contribution < 1.29 is 14.0 Å². The van der Waals surface area contributed by atoms with Gasteiger partial charge in [-0.2, -0.15) is 0 Å². The van der Waals surface area contributed by atoms with E-state index in [1.165, 1.54) is 0 Å². The van der Waals surface area contributed by atoms with E-state index >= 15 is 0 Å². The van der Waals surface area contributed by atoms with Crippen molar-refractivity contribution in [3.05, 3.63) is 54.3 Å². The first-order valence-electron chi connectivity index (χ1n) is 8.66. The standard InChI is InChI=1S/C20H19N3O3/c21-19(24)13-5-3-9-23(12-13)20(25)15-11-17(18-8-4-10-26-18)22-16-7-2-1-6-14(15)16/h1-2,4,6-8,10-11,13H,3,5,9,12H2,(H2,21,24). The molecular weight excluding hydrogens is 330 g/mol. The van der Waals surface area contributed by atoms with Crippen LogP contribution in [0.5, 0.6) is 0 Å². The minimum absolute atomic E-state index is 0.109. The Balaban J connectivity index is 1.77. The summed E-state index contributed by atoms with van der Waals surface area (Å²) >= 11 is 0. The first-order chi connectivity index (χ1) is 12.6. The molecule has 0 radical (unpaired) electrons. The van der Waals surface area contributed by atoms with E-state index in [-0.39, 0.29) is 17.7 Å². The van der Waals surface area contributed by atoms with Gasteiger partial charge < -0.3 is 15.1 Å². The van der Waals surface area contributed by atoms with Gasteiger partial charge in [0.25, 0.3) is 5.91 Å². The highest BCUT2D eigenvalue weighted by molar-refractivity contribution is 6.07. The molecule has 6 nitrogen and oxygen atoms in total. The van der Waals surface area contributed by atoms with E-state index in [0.717, 1.165) is 23.7 Å². The fourth-order valence-corrected chi connectivity index (χ4v) is 3.47. The first-order valence-corrected chi connectivity index (χ1v) is 8.66. The smallest absolute Gasteiger partial charge is 0.254 e. The number of hydrogen-bond acceptors (Lipinski definition) is 4. The normalized spacial score (nSPS) is 17.4. The van der Waals surface area contributed by atoms with Crippen LogP contribution >= 0.6 is 0 Å². The Kier molecular flexibility index (Phi) is 4.16. The average Bonchev–Trinajstić information content (AvgIpc) is 3.21. The van der Waals surface area contributed by atoms with Gasteiger partial charge in [-0.05, 0) is 37.1 Å². The lowest BCUT2D eigenvalue weighted by Gasteiger charge is -2.31. The van der Waals surface area contributed by atoms with Crippen molar-refractivity contribution in [2.75, 3.05) is 13.1 Å². The third-order valence-electron chi connectivity index (χ3n) is 4.83. The number of pyridine rings is 1.